The van der Waals surface area contributed by atoms with Gasteiger partial charge in [0.05, 0.1) is 11.2 Å². The third kappa shape index (κ3) is 3.94. The van der Waals surface area contributed by atoms with Crippen molar-refractivity contribution in [2.75, 3.05) is 36.0 Å². The molecule has 1 aromatic rings. The van der Waals surface area contributed by atoms with E-state index < -0.39 is 0 Å². The summed E-state index contributed by atoms with van der Waals surface area (Å²) in [5.74, 6) is 2.81. The van der Waals surface area contributed by atoms with Crippen LogP contribution in [0.1, 0.15) is 47.5 Å². The summed E-state index contributed by atoms with van der Waals surface area (Å²) in [4.78, 5) is 13.8. The molecule has 0 aromatic carbocycles. The van der Waals surface area contributed by atoms with Crippen LogP contribution < -0.4 is 9.80 Å². The van der Waals surface area contributed by atoms with Crippen molar-refractivity contribution in [1.29, 1.82) is 0 Å². The van der Waals surface area contributed by atoms with Crippen molar-refractivity contribution < 1.29 is 4.74 Å². The van der Waals surface area contributed by atoms with Crippen molar-refractivity contribution in [3.05, 3.63) is 12.4 Å². The van der Waals surface area contributed by atoms with E-state index in [-0.39, 0.29) is 11.2 Å². The minimum Gasteiger partial charge on any atom is -0.366 e. The van der Waals surface area contributed by atoms with Gasteiger partial charge >= 0.3 is 0 Å². The summed E-state index contributed by atoms with van der Waals surface area (Å²) in [5.41, 5.74) is -0.348. The lowest BCUT2D eigenvalue weighted by Gasteiger charge is -2.47. The van der Waals surface area contributed by atoms with Gasteiger partial charge in [0.25, 0.3) is 0 Å². The third-order valence-electron chi connectivity index (χ3n) is 4.64. The maximum Gasteiger partial charge on any atom is 0.134 e. The van der Waals surface area contributed by atoms with Crippen LogP contribution in [0.4, 0.5) is 11.6 Å². The topological polar surface area (TPSA) is 41.5 Å². The molecule has 2 fully saturated rings. The van der Waals surface area contributed by atoms with Crippen LogP contribution in [0.15, 0.2) is 12.4 Å². The van der Waals surface area contributed by atoms with Gasteiger partial charge in [0.15, 0.2) is 0 Å². The lowest BCUT2D eigenvalue weighted by Crippen LogP contribution is -2.57. The van der Waals surface area contributed by atoms with Gasteiger partial charge in [-0.05, 0) is 46.5 Å². The first kappa shape index (κ1) is 16.5. The first-order valence-electron chi connectivity index (χ1n) is 8.76. The second-order valence-electron chi connectivity index (χ2n) is 8.41. The zero-order chi connectivity index (χ0) is 16.7. The molecule has 0 amide bonds. The average molecular weight is 318 g/mol. The smallest absolute Gasteiger partial charge is 0.134 e. The Hall–Kier alpha value is -1.36. The number of hydrogen-bond donors (Lipinski definition) is 0. The molecule has 5 nitrogen and oxygen atoms in total. The zero-order valence-electron chi connectivity index (χ0n) is 15.2. The van der Waals surface area contributed by atoms with Gasteiger partial charge in [-0.3, -0.25) is 0 Å². The maximum absolute atomic E-state index is 6.18. The minimum absolute atomic E-state index is 0.174. The van der Waals surface area contributed by atoms with E-state index in [4.69, 9.17) is 4.74 Å². The predicted molar refractivity (Wildman–Crippen MR) is 94.1 cm³/mol. The van der Waals surface area contributed by atoms with Gasteiger partial charge < -0.3 is 14.5 Å². The number of piperidine rings is 1. The molecule has 0 bridgehead atoms. The van der Waals surface area contributed by atoms with Crippen molar-refractivity contribution in [2.45, 2.75) is 58.7 Å². The Morgan fingerprint density at radius 1 is 1.04 bits per heavy atom. The normalized spacial score (nSPS) is 27.1. The van der Waals surface area contributed by atoms with Gasteiger partial charge in [0.2, 0.25) is 0 Å². The van der Waals surface area contributed by atoms with Crippen LogP contribution in [-0.2, 0) is 4.74 Å². The molecule has 5 heteroatoms. The fourth-order valence-corrected chi connectivity index (χ4v) is 4.03. The van der Waals surface area contributed by atoms with Crippen LogP contribution in [0.25, 0.3) is 0 Å². The van der Waals surface area contributed by atoms with Crippen LogP contribution >= 0.6 is 0 Å². The van der Waals surface area contributed by atoms with Crippen LogP contribution in [0.5, 0.6) is 0 Å². The highest BCUT2D eigenvalue weighted by molar-refractivity contribution is 5.51. The molecular weight excluding hydrogens is 288 g/mol. The summed E-state index contributed by atoms with van der Waals surface area (Å²) >= 11 is 0. The van der Waals surface area contributed by atoms with Gasteiger partial charge in [-0.2, -0.15) is 0 Å². The molecule has 0 N–H and O–H groups in total. The second-order valence-corrected chi connectivity index (χ2v) is 8.41. The van der Waals surface area contributed by atoms with E-state index in [1.54, 1.807) is 6.33 Å². The molecule has 2 saturated heterocycles. The third-order valence-corrected chi connectivity index (χ3v) is 4.64. The van der Waals surface area contributed by atoms with E-state index in [0.29, 0.717) is 0 Å². The largest absolute Gasteiger partial charge is 0.366 e. The number of morpholine rings is 1. The zero-order valence-corrected chi connectivity index (χ0v) is 15.2. The van der Waals surface area contributed by atoms with Crippen LogP contribution in [0.2, 0.25) is 0 Å². The lowest BCUT2D eigenvalue weighted by atomic mass is 9.99. The number of rotatable bonds is 2. The van der Waals surface area contributed by atoms with Crippen molar-refractivity contribution in [1.82, 2.24) is 9.97 Å². The summed E-state index contributed by atoms with van der Waals surface area (Å²) in [6.07, 6.45) is 4.28. The monoisotopic (exact) mass is 318 g/mol. The molecular formula is C18H30N4O. The summed E-state index contributed by atoms with van der Waals surface area (Å²) in [6.45, 7) is 14.8. The summed E-state index contributed by atoms with van der Waals surface area (Å²) in [7, 11) is 0. The summed E-state index contributed by atoms with van der Waals surface area (Å²) in [6, 6.07) is 2.15. The average Bonchev–Trinajstić information content (AvgIpc) is 2.44. The molecule has 0 spiro atoms. The summed E-state index contributed by atoms with van der Waals surface area (Å²) < 4.78 is 6.18. The van der Waals surface area contributed by atoms with Crippen LogP contribution in [-0.4, -0.2) is 47.3 Å². The quantitative estimate of drug-likeness (QED) is 0.838. The van der Waals surface area contributed by atoms with Gasteiger partial charge in [-0.15, -0.1) is 0 Å². The van der Waals surface area contributed by atoms with Crippen molar-refractivity contribution in [3.8, 4) is 0 Å². The lowest BCUT2D eigenvalue weighted by molar-refractivity contribution is -0.133. The predicted octanol–water partition coefficient (Wildman–Crippen LogP) is 3.11. The fourth-order valence-electron chi connectivity index (χ4n) is 4.03. The number of aromatic nitrogens is 2. The molecule has 1 unspecified atom stereocenters. The van der Waals surface area contributed by atoms with Crippen molar-refractivity contribution >= 4 is 11.6 Å². The van der Waals surface area contributed by atoms with Crippen LogP contribution in [0.3, 0.4) is 0 Å². The Morgan fingerprint density at radius 2 is 1.65 bits per heavy atom. The Labute approximate surface area is 140 Å². The molecule has 128 valence electrons. The number of anilines is 2. The molecule has 0 aliphatic carbocycles. The Balaban J connectivity index is 1.82. The van der Waals surface area contributed by atoms with E-state index in [0.717, 1.165) is 43.7 Å². The number of nitrogens with zero attached hydrogens (tertiary/aromatic N) is 4. The molecule has 1 aromatic heterocycles. The summed E-state index contributed by atoms with van der Waals surface area (Å²) in [5, 5.41) is 0. The Bertz CT molecular complexity index is 542. The standard InChI is InChI=1S/C18H30N4O/c1-14-7-6-8-21(10-14)15-9-16(20-13-19-15)22-11-17(2,3)23-18(4,5)12-22/h9,13-14H,6-8,10-12H2,1-5H3. The SMILES string of the molecule is CC1CCCN(c2cc(N3CC(C)(C)OC(C)(C)C3)ncn2)C1. The molecule has 2 aliphatic rings. The molecule has 23 heavy (non-hydrogen) atoms. The molecule has 0 radical (unpaired) electrons. The first-order valence-corrected chi connectivity index (χ1v) is 8.76. The molecule has 2 aliphatic heterocycles. The van der Waals surface area contributed by atoms with Gasteiger partial charge in [0, 0.05) is 32.2 Å². The number of ether oxygens (including phenoxy) is 1. The molecule has 3 heterocycles. The van der Waals surface area contributed by atoms with E-state index in [1.807, 2.05) is 0 Å². The van der Waals surface area contributed by atoms with Crippen molar-refractivity contribution in [2.24, 2.45) is 5.92 Å². The second kappa shape index (κ2) is 5.93. The van der Waals surface area contributed by atoms with E-state index in [2.05, 4.69) is 60.5 Å². The van der Waals surface area contributed by atoms with Gasteiger partial charge in [0.1, 0.15) is 18.0 Å². The van der Waals surface area contributed by atoms with Gasteiger partial charge in [-0.25, -0.2) is 9.97 Å². The van der Waals surface area contributed by atoms with E-state index in [1.165, 1.54) is 12.8 Å². The van der Waals surface area contributed by atoms with Crippen LogP contribution in [0, 0.1) is 5.92 Å². The van der Waals surface area contributed by atoms with E-state index in [9.17, 15) is 0 Å². The molecule has 3 rings (SSSR count). The highest BCUT2D eigenvalue weighted by atomic mass is 16.5. The highest BCUT2D eigenvalue weighted by Gasteiger charge is 2.38. The fraction of sp³-hybridized carbons (Fsp3) is 0.778. The Kier molecular flexibility index (Phi) is 4.25. The number of hydrogen-bond acceptors (Lipinski definition) is 5. The van der Waals surface area contributed by atoms with E-state index >= 15 is 0 Å². The van der Waals surface area contributed by atoms with Gasteiger partial charge in [-0.1, -0.05) is 6.92 Å². The Morgan fingerprint density at radius 3 is 2.26 bits per heavy atom. The van der Waals surface area contributed by atoms with Crippen molar-refractivity contribution in [3.63, 3.8) is 0 Å². The first-order chi connectivity index (χ1) is 10.7. The molecule has 0 saturated carbocycles. The maximum atomic E-state index is 6.18. The molecule has 1 atom stereocenters. The highest BCUT2D eigenvalue weighted by Crippen LogP contribution is 2.31. The minimum atomic E-state index is -0.174.